The van der Waals surface area contributed by atoms with E-state index >= 15 is 0 Å². The lowest BCUT2D eigenvalue weighted by Gasteiger charge is -2.20. The molecule has 0 aromatic heterocycles. The summed E-state index contributed by atoms with van der Waals surface area (Å²) in [5, 5.41) is 2.80. The molecule has 11 heteroatoms. The minimum absolute atomic E-state index is 0.00681. The van der Waals surface area contributed by atoms with E-state index in [1.807, 2.05) is 6.07 Å². The molecule has 1 saturated heterocycles. The molecule has 0 radical (unpaired) electrons. The normalized spacial score (nSPS) is 19.1. The van der Waals surface area contributed by atoms with Crippen LogP contribution in [0.4, 0.5) is 10.1 Å². The van der Waals surface area contributed by atoms with Crippen molar-refractivity contribution >= 4 is 27.5 Å². The van der Waals surface area contributed by atoms with Gasteiger partial charge in [-0.25, -0.2) is 17.5 Å². The van der Waals surface area contributed by atoms with Crippen molar-refractivity contribution in [3.63, 3.8) is 0 Å². The number of fused-ring (bicyclic) bond motifs is 2. The van der Waals surface area contributed by atoms with Gasteiger partial charge in [0.25, 0.3) is 5.91 Å². The number of hydrogen-bond acceptors (Lipinski definition) is 6. The van der Waals surface area contributed by atoms with E-state index in [1.54, 1.807) is 37.4 Å². The Bertz CT molecular complexity index is 1490. The van der Waals surface area contributed by atoms with Crippen LogP contribution in [0, 0.1) is 5.82 Å². The van der Waals surface area contributed by atoms with E-state index in [1.165, 1.54) is 12.0 Å². The fourth-order valence-electron chi connectivity index (χ4n) is 4.70. The molecule has 9 nitrogen and oxygen atoms in total. The van der Waals surface area contributed by atoms with Crippen molar-refractivity contribution in [2.45, 2.75) is 23.4 Å². The molecule has 192 valence electrons. The number of methoxy groups -OCH3 is 2. The molecule has 2 atom stereocenters. The molecule has 2 aliphatic heterocycles. The highest BCUT2D eigenvalue weighted by molar-refractivity contribution is 7.89. The number of benzene rings is 3. The zero-order valence-electron chi connectivity index (χ0n) is 20.0. The van der Waals surface area contributed by atoms with Crippen molar-refractivity contribution in [1.82, 2.24) is 9.62 Å². The molecule has 3 aromatic rings. The van der Waals surface area contributed by atoms with Crippen LogP contribution in [0.1, 0.15) is 16.8 Å². The zero-order chi connectivity index (χ0) is 26.3. The van der Waals surface area contributed by atoms with Gasteiger partial charge in [-0.3, -0.25) is 9.59 Å². The maximum Gasteiger partial charge on any atom is 0.256 e. The Morgan fingerprint density at radius 2 is 1.73 bits per heavy atom. The Morgan fingerprint density at radius 1 is 0.973 bits per heavy atom. The van der Waals surface area contributed by atoms with Crippen molar-refractivity contribution < 1.29 is 31.9 Å². The Balaban J connectivity index is 1.43. The predicted octanol–water partition coefficient (Wildman–Crippen LogP) is 3.02. The van der Waals surface area contributed by atoms with Crippen LogP contribution in [0.5, 0.6) is 11.5 Å². The second kappa shape index (κ2) is 9.49. The Labute approximate surface area is 213 Å². The van der Waals surface area contributed by atoms with E-state index < -0.39 is 39.7 Å². The van der Waals surface area contributed by atoms with Gasteiger partial charge in [0.1, 0.15) is 23.4 Å². The summed E-state index contributed by atoms with van der Waals surface area (Å²) < 4.78 is 52.1. The zero-order valence-corrected chi connectivity index (χ0v) is 20.8. The van der Waals surface area contributed by atoms with Crippen LogP contribution in [0.2, 0.25) is 0 Å². The average molecular weight is 526 g/mol. The van der Waals surface area contributed by atoms with Gasteiger partial charge in [0.2, 0.25) is 15.9 Å². The van der Waals surface area contributed by atoms with Crippen LogP contribution in [0.25, 0.3) is 11.1 Å². The van der Waals surface area contributed by atoms with Crippen molar-refractivity contribution in [3.05, 3.63) is 72.0 Å². The number of hydrogen-bond donors (Lipinski definition) is 2. The highest BCUT2D eigenvalue weighted by Gasteiger charge is 2.44. The van der Waals surface area contributed by atoms with Gasteiger partial charge < -0.3 is 19.7 Å². The van der Waals surface area contributed by atoms with Gasteiger partial charge >= 0.3 is 0 Å². The highest BCUT2D eigenvalue weighted by atomic mass is 32.2. The molecular weight excluding hydrogens is 501 g/mol. The monoisotopic (exact) mass is 525 g/mol. The van der Waals surface area contributed by atoms with Gasteiger partial charge in [0, 0.05) is 24.2 Å². The maximum absolute atomic E-state index is 13.6. The molecule has 2 amide bonds. The molecule has 0 bridgehead atoms. The van der Waals surface area contributed by atoms with Gasteiger partial charge in [-0.15, -0.1) is 0 Å². The molecule has 2 aliphatic rings. The van der Waals surface area contributed by atoms with Crippen molar-refractivity contribution in [2.24, 2.45) is 0 Å². The summed E-state index contributed by atoms with van der Waals surface area (Å²) >= 11 is 0. The molecule has 1 fully saturated rings. The van der Waals surface area contributed by atoms with Crippen LogP contribution >= 0.6 is 0 Å². The third-order valence-corrected chi connectivity index (χ3v) is 8.07. The van der Waals surface area contributed by atoms with Gasteiger partial charge in [0.15, 0.2) is 0 Å². The van der Waals surface area contributed by atoms with E-state index in [-0.39, 0.29) is 23.4 Å². The molecule has 3 aromatic carbocycles. The quantitative estimate of drug-likeness (QED) is 0.512. The fourth-order valence-corrected chi connectivity index (χ4v) is 5.94. The highest BCUT2D eigenvalue weighted by Crippen LogP contribution is 2.37. The van der Waals surface area contributed by atoms with Gasteiger partial charge in [-0.1, -0.05) is 6.07 Å². The largest absolute Gasteiger partial charge is 0.497 e. The van der Waals surface area contributed by atoms with E-state index in [0.29, 0.717) is 22.7 Å². The second-order valence-electron chi connectivity index (χ2n) is 8.80. The molecular formula is C26H24FN3O6S. The van der Waals surface area contributed by atoms with E-state index in [0.717, 1.165) is 29.8 Å². The second-order valence-corrected chi connectivity index (χ2v) is 10.5. The predicted molar refractivity (Wildman–Crippen MR) is 134 cm³/mol. The standard InChI is InChI=1S/C26H24FN3O6S/c1-35-18-6-9-20(24(13-18)36-2)15-3-10-22-21(11-15)26(32)30-14-17(12-23(30)25(31)28-22)29-37(33,34)19-7-4-16(27)5-8-19/h3-11,13,17,23,29H,12,14H2,1-2H3,(H,28,31)/t17-,23-/m0/s1. The SMILES string of the molecule is COc1ccc(-c2ccc3c(c2)C(=O)N2C[C@@H](NS(=O)(=O)c4ccc(F)cc4)C[C@H]2C(=O)N3)c(OC)c1. The number of sulfonamides is 1. The summed E-state index contributed by atoms with van der Waals surface area (Å²) in [5.74, 6) is -0.172. The number of ether oxygens (including phenoxy) is 2. The van der Waals surface area contributed by atoms with Gasteiger partial charge in [-0.2, -0.15) is 0 Å². The van der Waals surface area contributed by atoms with Crippen molar-refractivity contribution in [3.8, 4) is 22.6 Å². The van der Waals surface area contributed by atoms with Gasteiger partial charge in [0.05, 0.1) is 30.4 Å². The third kappa shape index (κ3) is 4.63. The summed E-state index contributed by atoms with van der Waals surface area (Å²) in [7, 11) is -0.885. The summed E-state index contributed by atoms with van der Waals surface area (Å²) in [6.07, 6.45) is 0.102. The molecule has 5 rings (SSSR count). The summed E-state index contributed by atoms with van der Waals surface area (Å²) in [6.45, 7) is 0.00681. The number of amides is 2. The summed E-state index contributed by atoms with van der Waals surface area (Å²) in [6, 6.07) is 13.4. The number of nitrogens with zero attached hydrogens (tertiary/aromatic N) is 1. The van der Waals surface area contributed by atoms with E-state index in [2.05, 4.69) is 10.0 Å². The number of carbonyl (C=O) groups excluding carboxylic acids is 2. The summed E-state index contributed by atoms with van der Waals surface area (Å²) in [5.41, 5.74) is 2.10. The maximum atomic E-state index is 13.6. The Morgan fingerprint density at radius 3 is 2.43 bits per heavy atom. The van der Waals surface area contributed by atoms with Crippen molar-refractivity contribution in [1.29, 1.82) is 0 Å². The van der Waals surface area contributed by atoms with Gasteiger partial charge in [-0.05, 0) is 60.5 Å². The van der Waals surface area contributed by atoms with E-state index in [9.17, 15) is 22.4 Å². The van der Waals surface area contributed by atoms with Crippen LogP contribution in [-0.4, -0.2) is 58.0 Å². The molecule has 0 saturated carbocycles. The molecule has 37 heavy (non-hydrogen) atoms. The van der Waals surface area contributed by atoms with Crippen LogP contribution in [-0.2, 0) is 14.8 Å². The molecule has 0 spiro atoms. The Kier molecular flexibility index (Phi) is 6.34. The number of rotatable bonds is 6. The van der Waals surface area contributed by atoms with Crippen LogP contribution in [0.15, 0.2) is 65.6 Å². The topological polar surface area (TPSA) is 114 Å². The minimum atomic E-state index is -3.97. The first kappa shape index (κ1) is 24.7. The molecule has 0 unspecified atom stereocenters. The molecule has 2 heterocycles. The first-order valence-electron chi connectivity index (χ1n) is 11.5. The number of anilines is 1. The average Bonchev–Trinajstić information content (AvgIpc) is 3.28. The minimum Gasteiger partial charge on any atom is -0.497 e. The fraction of sp³-hybridized carbons (Fsp3) is 0.231. The van der Waals surface area contributed by atoms with E-state index in [4.69, 9.17) is 9.47 Å². The van der Waals surface area contributed by atoms with Crippen molar-refractivity contribution in [2.75, 3.05) is 26.1 Å². The van der Waals surface area contributed by atoms with Crippen LogP contribution < -0.4 is 19.5 Å². The lowest BCUT2D eigenvalue weighted by atomic mass is 10.00. The smallest absolute Gasteiger partial charge is 0.256 e. The first-order valence-corrected chi connectivity index (χ1v) is 12.9. The lowest BCUT2D eigenvalue weighted by Crippen LogP contribution is -2.41. The third-order valence-electron chi connectivity index (χ3n) is 6.54. The molecule has 2 N–H and O–H groups in total. The number of carbonyl (C=O) groups is 2. The first-order chi connectivity index (χ1) is 17.7. The lowest BCUT2D eigenvalue weighted by molar-refractivity contribution is -0.119. The summed E-state index contributed by atoms with van der Waals surface area (Å²) in [4.78, 5) is 27.9. The van der Waals surface area contributed by atoms with Crippen LogP contribution in [0.3, 0.4) is 0 Å². The number of nitrogens with one attached hydrogen (secondary N) is 2. The molecule has 0 aliphatic carbocycles. The number of halogens is 1. The Hall–Kier alpha value is -3.96.